The third kappa shape index (κ3) is 4.10. The molecular weight excluding hydrogens is 261 g/mol. The van der Waals surface area contributed by atoms with E-state index < -0.39 is 5.25 Å². The van der Waals surface area contributed by atoms with Gasteiger partial charge in [-0.2, -0.15) is 12.6 Å². The first-order valence-corrected chi connectivity index (χ1v) is 6.45. The lowest BCUT2D eigenvalue weighted by Gasteiger charge is -2.11. The highest BCUT2D eigenvalue weighted by Crippen LogP contribution is 2.12. The summed E-state index contributed by atoms with van der Waals surface area (Å²) in [5.41, 5.74) is 1.62. The molecule has 2 rings (SSSR count). The van der Waals surface area contributed by atoms with Crippen molar-refractivity contribution >= 4 is 24.2 Å². The van der Waals surface area contributed by atoms with Crippen LogP contribution in [-0.4, -0.2) is 11.2 Å². The molecule has 0 saturated heterocycles. The molecule has 2 aromatic rings. The van der Waals surface area contributed by atoms with Crippen LogP contribution in [0.15, 0.2) is 54.6 Å². The van der Waals surface area contributed by atoms with Gasteiger partial charge in [0, 0.05) is 5.69 Å². The standard InChI is InChI=1S/C15H14FNOS/c16-12-6-8-13(9-7-12)17-15(18)14(19)10-11-4-2-1-3-5-11/h1-9,14,19H,10H2,(H,17,18). The van der Waals surface area contributed by atoms with Crippen molar-refractivity contribution in [2.45, 2.75) is 11.7 Å². The topological polar surface area (TPSA) is 29.1 Å². The summed E-state index contributed by atoms with van der Waals surface area (Å²) in [7, 11) is 0. The lowest BCUT2D eigenvalue weighted by atomic mass is 10.1. The maximum atomic E-state index is 12.7. The lowest BCUT2D eigenvalue weighted by Crippen LogP contribution is -2.25. The van der Waals surface area contributed by atoms with E-state index in [0.29, 0.717) is 12.1 Å². The molecule has 2 nitrogen and oxygen atoms in total. The molecular formula is C15H14FNOS. The molecule has 0 aliphatic rings. The summed E-state index contributed by atoms with van der Waals surface area (Å²) in [6.07, 6.45) is 0.553. The van der Waals surface area contributed by atoms with Crippen LogP contribution in [0, 0.1) is 5.82 Å². The maximum absolute atomic E-state index is 12.7. The van der Waals surface area contributed by atoms with Gasteiger partial charge in [0.15, 0.2) is 0 Å². The molecule has 0 bridgehead atoms. The zero-order valence-corrected chi connectivity index (χ0v) is 11.1. The largest absolute Gasteiger partial charge is 0.325 e. The van der Waals surface area contributed by atoms with Crippen LogP contribution in [0.4, 0.5) is 10.1 Å². The van der Waals surface area contributed by atoms with E-state index in [9.17, 15) is 9.18 Å². The van der Waals surface area contributed by atoms with Gasteiger partial charge in [-0.1, -0.05) is 30.3 Å². The van der Waals surface area contributed by atoms with Crippen molar-refractivity contribution in [1.82, 2.24) is 0 Å². The number of carbonyl (C=O) groups is 1. The number of hydrogen-bond acceptors (Lipinski definition) is 2. The van der Waals surface area contributed by atoms with Crippen LogP contribution in [0.25, 0.3) is 0 Å². The molecule has 0 heterocycles. The molecule has 98 valence electrons. The summed E-state index contributed by atoms with van der Waals surface area (Å²) in [5, 5.41) is 2.27. The van der Waals surface area contributed by atoms with Crippen molar-refractivity contribution in [3.05, 3.63) is 66.0 Å². The highest BCUT2D eigenvalue weighted by Gasteiger charge is 2.14. The van der Waals surface area contributed by atoms with Crippen molar-refractivity contribution in [2.24, 2.45) is 0 Å². The van der Waals surface area contributed by atoms with Crippen LogP contribution < -0.4 is 5.32 Å². The number of nitrogens with one attached hydrogen (secondary N) is 1. The number of carbonyl (C=O) groups excluding carboxylic acids is 1. The molecule has 0 aliphatic carbocycles. The highest BCUT2D eigenvalue weighted by atomic mass is 32.1. The molecule has 4 heteroatoms. The zero-order chi connectivity index (χ0) is 13.7. The Labute approximate surface area is 117 Å². The molecule has 0 saturated carbocycles. The van der Waals surface area contributed by atoms with E-state index >= 15 is 0 Å². The number of hydrogen-bond donors (Lipinski definition) is 2. The van der Waals surface area contributed by atoms with E-state index in [2.05, 4.69) is 17.9 Å². The lowest BCUT2D eigenvalue weighted by molar-refractivity contribution is -0.115. The molecule has 1 amide bonds. The minimum absolute atomic E-state index is 0.196. The van der Waals surface area contributed by atoms with Crippen LogP contribution in [-0.2, 0) is 11.2 Å². The predicted molar refractivity (Wildman–Crippen MR) is 77.9 cm³/mol. The second-order valence-corrected chi connectivity index (χ2v) is 4.83. The molecule has 1 atom stereocenters. The van der Waals surface area contributed by atoms with Crippen LogP contribution >= 0.6 is 12.6 Å². The monoisotopic (exact) mass is 275 g/mol. The van der Waals surface area contributed by atoms with Crippen LogP contribution in [0.1, 0.15) is 5.56 Å². The second kappa shape index (κ2) is 6.38. The zero-order valence-electron chi connectivity index (χ0n) is 10.2. The van der Waals surface area contributed by atoms with Gasteiger partial charge in [0.1, 0.15) is 5.82 Å². The van der Waals surface area contributed by atoms with Gasteiger partial charge in [0.2, 0.25) is 5.91 Å². The first kappa shape index (κ1) is 13.6. The second-order valence-electron chi connectivity index (χ2n) is 4.20. The third-order valence-corrected chi connectivity index (χ3v) is 3.10. The summed E-state index contributed by atoms with van der Waals surface area (Å²) in [6, 6.07) is 15.3. The van der Waals surface area contributed by atoms with Crippen LogP contribution in [0.5, 0.6) is 0 Å². The van der Waals surface area contributed by atoms with E-state index in [1.54, 1.807) is 0 Å². The normalized spacial score (nSPS) is 11.9. The van der Waals surface area contributed by atoms with Gasteiger partial charge < -0.3 is 5.32 Å². The minimum atomic E-state index is -0.438. The highest BCUT2D eigenvalue weighted by molar-refractivity contribution is 7.81. The van der Waals surface area contributed by atoms with Gasteiger partial charge in [-0.15, -0.1) is 0 Å². The fourth-order valence-electron chi connectivity index (χ4n) is 1.69. The number of amides is 1. The quantitative estimate of drug-likeness (QED) is 0.824. The Hall–Kier alpha value is -1.81. The fourth-order valence-corrected chi connectivity index (χ4v) is 1.96. The van der Waals surface area contributed by atoms with E-state index in [1.807, 2.05) is 30.3 Å². The Bertz CT molecular complexity index is 542. The molecule has 2 aromatic carbocycles. The van der Waals surface area contributed by atoms with Gasteiger partial charge in [-0.05, 0) is 36.2 Å². The molecule has 0 radical (unpaired) electrons. The van der Waals surface area contributed by atoms with Crippen LogP contribution in [0.3, 0.4) is 0 Å². The fraction of sp³-hybridized carbons (Fsp3) is 0.133. The minimum Gasteiger partial charge on any atom is -0.325 e. The average molecular weight is 275 g/mol. The first-order chi connectivity index (χ1) is 9.15. The Kier molecular flexibility index (Phi) is 4.58. The van der Waals surface area contributed by atoms with E-state index in [-0.39, 0.29) is 11.7 Å². The summed E-state index contributed by atoms with van der Waals surface area (Å²) >= 11 is 4.30. The van der Waals surface area contributed by atoms with Gasteiger partial charge >= 0.3 is 0 Å². The molecule has 1 N–H and O–H groups in total. The number of benzene rings is 2. The summed E-state index contributed by atoms with van der Waals surface area (Å²) < 4.78 is 12.7. The molecule has 1 unspecified atom stereocenters. The summed E-state index contributed by atoms with van der Waals surface area (Å²) in [6.45, 7) is 0. The first-order valence-electron chi connectivity index (χ1n) is 5.93. The number of anilines is 1. The number of rotatable bonds is 4. The number of halogens is 1. The van der Waals surface area contributed by atoms with Crippen molar-refractivity contribution in [2.75, 3.05) is 5.32 Å². The average Bonchev–Trinajstić information content (AvgIpc) is 2.42. The third-order valence-electron chi connectivity index (χ3n) is 2.69. The number of thiol groups is 1. The van der Waals surface area contributed by atoms with Crippen molar-refractivity contribution in [1.29, 1.82) is 0 Å². The molecule has 19 heavy (non-hydrogen) atoms. The van der Waals surface area contributed by atoms with Gasteiger partial charge in [0.25, 0.3) is 0 Å². The molecule has 0 aromatic heterocycles. The summed E-state index contributed by atoms with van der Waals surface area (Å²) in [5.74, 6) is -0.525. The summed E-state index contributed by atoms with van der Waals surface area (Å²) in [4.78, 5) is 11.9. The predicted octanol–water partition coefficient (Wildman–Crippen LogP) is 3.31. The molecule has 0 fully saturated rings. The van der Waals surface area contributed by atoms with Crippen molar-refractivity contribution in [3.63, 3.8) is 0 Å². The molecule has 0 aliphatic heterocycles. The van der Waals surface area contributed by atoms with Gasteiger partial charge in [-0.25, -0.2) is 4.39 Å². The van der Waals surface area contributed by atoms with Crippen molar-refractivity contribution < 1.29 is 9.18 Å². The van der Waals surface area contributed by atoms with E-state index in [4.69, 9.17) is 0 Å². The van der Waals surface area contributed by atoms with E-state index in [0.717, 1.165) is 5.56 Å². The van der Waals surface area contributed by atoms with Crippen LogP contribution in [0.2, 0.25) is 0 Å². The Balaban J connectivity index is 1.94. The van der Waals surface area contributed by atoms with Crippen molar-refractivity contribution in [3.8, 4) is 0 Å². The Morgan fingerprint density at radius 2 is 1.74 bits per heavy atom. The molecule has 0 spiro atoms. The Morgan fingerprint density at radius 3 is 2.37 bits per heavy atom. The smallest absolute Gasteiger partial charge is 0.237 e. The maximum Gasteiger partial charge on any atom is 0.237 e. The van der Waals surface area contributed by atoms with Gasteiger partial charge in [-0.3, -0.25) is 4.79 Å². The van der Waals surface area contributed by atoms with Gasteiger partial charge in [0.05, 0.1) is 5.25 Å². The Morgan fingerprint density at radius 1 is 1.11 bits per heavy atom. The SMILES string of the molecule is O=C(Nc1ccc(F)cc1)C(S)Cc1ccccc1. The van der Waals surface area contributed by atoms with E-state index in [1.165, 1.54) is 24.3 Å².